The molecule has 0 spiro atoms. The van der Waals surface area contributed by atoms with Crippen LogP contribution < -0.4 is 11.6 Å². The monoisotopic (exact) mass is 221 g/mol. The van der Waals surface area contributed by atoms with E-state index < -0.39 is 0 Å². The Balaban J connectivity index is 2.54. The second kappa shape index (κ2) is 4.11. The number of fused-ring (bicyclic) bond motifs is 1. The molecule has 2 N–H and O–H groups in total. The van der Waals surface area contributed by atoms with Crippen LogP contribution in [0.5, 0.6) is 0 Å². The lowest BCUT2D eigenvalue weighted by Crippen LogP contribution is -2.19. The summed E-state index contributed by atoms with van der Waals surface area (Å²) in [6, 6.07) is 5.93. The molecule has 2 rings (SSSR count). The van der Waals surface area contributed by atoms with Gasteiger partial charge in [0.25, 0.3) is 0 Å². The molecule has 86 valence electrons. The summed E-state index contributed by atoms with van der Waals surface area (Å²) in [5, 5.41) is 0. The summed E-state index contributed by atoms with van der Waals surface area (Å²) in [5.41, 5.74) is 2.97. The van der Waals surface area contributed by atoms with Crippen LogP contribution in [-0.2, 0) is 25.4 Å². The summed E-state index contributed by atoms with van der Waals surface area (Å²) in [6.07, 6.45) is 0.746. The van der Waals surface area contributed by atoms with Crippen molar-refractivity contribution in [3.8, 4) is 0 Å². The van der Waals surface area contributed by atoms with Crippen LogP contribution >= 0.6 is 0 Å². The van der Waals surface area contributed by atoms with Gasteiger partial charge in [0.15, 0.2) is 0 Å². The third-order valence-electron chi connectivity index (χ3n) is 2.84. The van der Waals surface area contributed by atoms with Crippen LogP contribution in [-0.4, -0.2) is 15.7 Å². The Labute approximate surface area is 93.0 Å². The highest BCUT2D eigenvalue weighted by Crippen LogP contribution is 2.14. The van der Waals surface area contributed by atoms with E-state index in [1.807, 2.05) is 18.2 Å². The lowest BCUT2D eigenvalue weighted by molar-refractivity contribution is 0.141. The molecule has 0 aliphatic carbocycles. The van der Waals surface area contributed by atoms with Crippen molar-refractivity contribution in [3.05, 3.63) is 34.2 Å². The summed E-state index contributed by atoms with van der Waals surface area (Å²) in [7, 11) is 3.54. The first-order valence-corrected chi connectivity index (χ1v) is 5.11. The number of hydrogen-bond donors (Lipinski definition) is 1. The third-order valence-corrected chi connectivity index (χ3v) is 2.84. The van der Waals surface area contributed by atoms with E-state index in [1.165, 1.54) is 0 Å². The fourth-order valence-electron chi connectivity index (χ4n) is 1.88. The van der Waals surface area contributed by atoms with Crippen LogP contribution in [0.3, 0.4) is 0 Å². The lowest BCUT2D eigenvalue weighted by atomic mass is 10.1. The van der Waals surface area contributed by atoms with E-state index in [1.54, 1.807) is 23.2 Å². The molecule has 0 amide bonds. The normalized spacial score (nSPS) is 11.2. The first-order chi connectivity index (χ1) is 7.65. The predicted molar refractivity (Wildman–Crippen MR) is 62.0 cm³/mol. The zero-order valence-electron chi connectivity index (χ0n) is 9.43. The SMILES string of the molecule is Cn1c(=O)n(C)c2cc(CCON)ccc21. The van der Waals surface area contributed by atoms with Crippen LogP contribution in [0.25, 0.3) is 11.0 Å². The zero-order valence-corrected chi connectivity index (χ0v) is 9.43. The Morgan fingerprint density at radius 2 is 1.94 bits per heavy atom. The predicted octanol–water partition coefficient (Wildman–Crippen LogP) is 0.310. The highest BCUT2D eigenvalue weighted by Gasteiger charge is 2.07. The van der Waals surface area contributed by atoms with Crippen molar-refractivity contribution in [2.24, 2.45) is 20.0 Å². The van der Waals surface area contributed by atoms with Gasteiger partial charge in [-0.15, -0.1) is 0 Å². The van der Waals surface area contributed by atoms with Gasteiger partial charge in [-0.3, -0.25) is 9.13 Å². The smallest absolute Gasteiger partial charge is 0.304 e. The number of aryl methyl sites for hydroxylation is 2. The van der Waals surface area contributed by atoms with Gasteiger partial charge in [-0.2, -0.15) is 0 Å². The molecule has 1 heterocycles. The van der Waals surface area contributed by atoms with E-state index >= 15 is 0 Å². The minimum atomic E-state index is -0.0118. The minimum absolute atomic E-state index is 0.0118. The second-order valence-corrected chi connectivity index (χ2v) is 3.84. The van der Waals surface area contributed by atoms with Gasteiger partial charge in [-0.25, -0.2) is 10.7 Å². The highest BCUT2D eigenvalue weighted by molar-refractivity contribution is 5.76. The van der Waals surface area contributed by atoms with E-state index in [0.717, 1.165) is 23.0 Å². The van der Waals surface area contributed by atoms with E-state index in [-0.39, 0.29) is 5.69 Å². The Morgan fingerprint density at radius 3 is 2.62 bits per heavy atom. The van der Waals surface area contributed by atoms with Crippen molar-refractivity contribution in [1.82, 2.24) is 9.13 Å². The maximum atomic E-state index is 11.7. The molecule has 16 heavy (non-hydrogen) atoms. The maximum Gasteiger partial charge on any atom is 0.328 e. The molecule has 5 nitrogen and oxygen atoms in total. The maximum absolute atomic E-state index is 11.7. The van der Waals surface area contributed by atoms with Crippen molar-refractivity contribution >= 4 is 11.0 Å². The van der Waals surface area contributed by atoms with Gasteiger partial charge in [-0.05, 0) is 24.1 Å². The number of nitrogens with zero attached hydrogens (tertiary/aromatic N) is 2. The Bertz CT molecular complexity index is 568. The average molecular weight is 221 g/mol. The summed E-state index contributed by atoms with van der Waals surface area (Å²) in [5.74, 6) is 4.99. The molecular weight excluding hydrogens is 206 g/mol. The molecule has 0 radical (unpaired) electrons. The minimum Gasteiger partial charge on any atom is -0.304 e. The molecule has 0 bridgehead atoms. The van der Waals surface area contributed by atoms with Crippen molar-refractivity contribution in [2.75, 3.05) is 6.61 Å². The summed E-state index contributed by atoms with van der Waals surface area (Å²) < 4.78 is 3.28. The van der Waals surface area contributed by atoms with Gasteiger partial charge in [0.05, 0.1) is 17.6 Å². The first-order valence-electron chi connectivity index (χ1n) is 5.11. The van der Waals surface area contributed by atoms with Gasteiger partial charge in [-0.1, -0.05) is 6.07 Å². The summed E-state index contributed by atoms with van der Waals surface area (Å²) >= 11 is 0. The topological polar surface area (TPSA) is 62.2 Å². The molecule has 0 aliphatic heterocycles. The molecule has 2 aromatic rings. The molecule has 0 saturated carbocycles. The van der Waals surface area contributed by atoms with E-state index in [2.05, 4.69) is 4.84 Å². The number of nitrogens with two attached hydrogens (primary N) is 1. The molecule has 0 unspecified atom stereocenters. The van der Waals surface area contributed by atoms with E-state index in [4.69, 9.17) is 5.90 Å². The molecule has 0 saturated heterocycles. The second-order valence-electron chi connectivity index (χ2n) is 3.84. The molecule has 1 aromatic carbocycles. The van der Waals surface area contributed by atoms with Gasteiger partial charge in [0.2, 0.25) is 0 Å². The number of rotatable bonds is 3. The molecular formula is C11H15N3O2. The number of imidazole rings is 1. The number of aromatic nitrogens is 2. The van der Waals surface area contributed by atoms with Gasteiger partial charge in [0.1, 0.15) is 0 Å². The number of hydrogen-bond acceptors (Lipinski definition) is 3. The van der Waals surface area contributed by atoms with Crippen molar-refractivity contribution in [1.29, 1.82) is 0 Å². The van der Waals surface area contributed by atoms with Crippen LogP contribution in [0.4, 0.5) is 0 Å². The van der Waals surface area contributed by atoms with Gasteiger partial charge in [0, 0.05) is 14.1 Å². The van der Waals surface area contributed by atoms with Crippen LogP contribution in [0.2, 0.25) is 0 Å². The molecule has 5 heteroatoms. The zero-order chi connectivity index (χ0) is 11.7. The standard InChI is InChI=1S/C11H15N3O2/c1-13-9-4-3-8(5-6-16-12)7-10(9)14(2)11(13)15/h3-4,7H,5-6,12H2,1-2H3. The van der Waals surface area contributed by atoms with Crippen molar-refractivity contribution in [2.45, 2.75) is 6.42 Å². The van der Waals surface area contributed by atoms with Crippen molar-refractivity contribution < 1.29 is 4.84 Å². The van der Waals surface area contributed by atoms with Crippen LogP contribution in [0, 0.1) is 0 Å². The highest BCUT2D eigenvalue weighted by atomic mass is 16.6. The van der Waals surface area contributed by atoms with E-state index in [0.29, 0.717) is 6.61 Å². The molecule has 0 fully saturated rings. The number of benzene rings is 1. The fraction of sp³-hybridized carbons (Fsp3) is 0.364. The van der Waals surface area contributed by atoms with Crippen molar-refractivity contribution in [3.63, 3.8) is 0 Å². The largest absolute Gasteiger partial charge is 0.328 e. The Morgan fingerprint density at radius 1 is 1.25 bits per heavy atom. The summed E-state index contributed by atoms with van der Waals surface area (Å²) in [4.78, 5) is 16.2. The molecule has 0 atom stereocenters. The van der Waals surface area contributed by atoms with Crippen LogP contribution in [0.1, 0.15) is 5.56 Å². The molecule has 1 aromatic heterocycles. The third kappa shape index (κ3) is 1.64. The van der Waals surface area contributed by atoms with Crippen LogP contribution in [0.15, 0.2) is 23.0 Å². The lowest BCUT2D eigenvalue weighted by Gasteiger charge is -2.01. The van der Waals surface area contributed by atoms with Gasteiger partial charge >= 0.3 is 5.69 Å². The summed E-state index contributed by atoms with van der Waals surface area (Å²) in [6.45, 7) is 0.478. The first kappa shape index (κ1) is 10.9. The average Bonchev–Trinajstić information content (AvgIpc) is 2.52. The fourth-order valence-corrected chi connectivity index (χ4v) is 1.88. The van der Waals surface area contributed by atoms with E-state index in [9.17, 15) is 4.79 Å². The molecule has 0 aliphatic rings. The Hall–Kier alpha value is -1.59. The quantitative estimate of drug-likeness (QED) is 0.759. The Kier molecular flexibility index (Phi) is 2.80. The van der Waals surface area contributed by atoms with Gasteiger partial charge < -0.3 is 4.84 Å².